The van der Waals surface area contributed by atoms with E-state index in [1.54, 1.807) is 30.6 Å². The Morgan fingerprint density at radius 3 is 2.68 bits per heavy atom. The molecule has 1 amide bonds. The number of hydrogen-bond acceptors (Lipinski definition) is 5. The Labute approximate surface area is 145 Å². The van der Waals surface area contributed by atoms with Crippen molar-refractivity contribution in [3.8, 4) is 17.0 Å². The Bertz CT molecular complexity index is 925. The van der Waals surface area contributed by atoms with Crippen molar-refractivity contribution in [2.24, 2.45) is 0 Å². The molecule has 6 nitrogen and oxygen atoms in total. The fourth-order valence-electron chi connectivity index (χ4n) is 2.44. The summed E-state index contributed by atoms with van der Waals surface area (Å²) in [5, 5.41) is 2.76. The fourth-order valence-corrected chi connectivity index (χ4v) is 2.44. The van der Waals surface area contributed by atoms with Crippen LogP contribution in [0.25, 0.3) is 11.1 Å². The molecule has 0 spiro atoms. The van der Waals surface area contributed by atoms with Gasteiger partial charge in [-0.05, 0) is 49.2 Å². The van der Waals surface area contributed by atoms with Gasteiger partial charge in [0.2, 0.25) is 5.88 Å². The van der Waals surface area contributed by atoms with Crippen molar-refractivity contribution >= 4 is 11.7 Å². The zero-order chi connectivity index (χ0) is 17.8. The summed E-state index contributed by atoms with van der Waals surface area (Å²) >= 11 is 0. The molecule has 3 heterocycles. The first kappa shape index (κ1) is 16.6. The standard InChI is InChI=1S/C19H18N4O2/c1-12-7-8-20-11-15(12)14-9-16(22-18(10-14)25-3)19(24)23-17-6-4-5-13(2)21-17/h4-11H,1-3H3,(H,21,23,24). The fraction of sp³-hybridized carbons (Fsp3) is 0.158. The molecular weight excluding hydrogens is 316 g/mol. The van der Waals surface area contributed by atoms with Crippen molar-refractivity contribution in [1.82, 2.24) is 15.0 Å². The van der Waals surface area contributed by atoms with E-state index in [0.29, 0.717) is 11.7 Å². The van der Waals surface area contributed by atoms with Crippen LogP contribution in [0.5, 0.6) is 5.88 Å². The van der Waals surface area contributed by atoms with Gasteiger partial charge in [-0.25, -0.2) is 9.97 Å². The number of anilines is 1. The van der Waals surface area contributed by atoms with Crippen LogP contribution in [-0.2, 0) is 0 Å². The SMILES string of the molecule is COc1cc(-c2cnccc2C)cc(C(=O)Nc2cccc(C)n2)n1. The van der Waals surface area contributed by atoms with Crippen LogP contribution in [0.2, 0.25) is 0 Å². The lowest BCUT2D eigenvalue weighted by Gasteiger charge is -2.10. The lowest BCUT2D eigenvalue weighted by atomic mass is 10.0. The number of pyridine rings is 3. The second-order valence-corrected chi connectivity index (χ2v) is 5.59. The first-order valence-electron chi connectivity index (χ1n) is 7.79. The van der Waals surface area contributed by atoms with E-state index in [1.807, 2.05) is 32.0 Å². The van der Waals surface area contributed by atoms with Crippen LogP contribution >= 0.6 is 0 Å². The Kier molecular flexibility index (Phi) is 4.70. The highest BCUT2D eigenvalue weighted by atomic mass is 16.5. The van der Waals surface area contributed by atoms with Crippen LogP contribution in [0.1, 0.15) is 21.7 Å². The summed E-state index contributed by atoms with van der Waals surface area (Å²) in [5.41, 5.74) is 3.87. The predicted molar refractivity (Wildman–Crippen MR) is 95.7 cm³/mol. The average molecular weight is 334 g/mol. The highest BCUT2D eigenvalue weighted by molar-refractivity contribution is 6.03. The topological polar surface area (TPSA) is 77.0 Å². The van der Waals surface area contributed by atoms with Crippen LogP contribution < -0.4 is 10.1 Å². The first-order chi connectivity index (χ1) is 12.1. The number of methoxy groups -OCH3 is 1. The molecule has 6 heteroatoms. The molecule has 0 atom stereocenters. The molecule has 0 radical (unpaired) electrons. The van der Waals surface area contributed by atoms with E-state index in [1.165, 1.54) is 7.11 Å². The van der Waals surface area contributed by atoms with Crippen LogP contribution in [0.3, 0.4) is 0 Å². The van der Waals surface area contributed by atoms with Crippen molar-refractivity contribution in [2.75, 3.05) is 12.4 Å². The second kappa shape index (κ2) is 7.09. The van der Waals surface area contributed by atoms with Crippen molar-refractivity contribution < 1.29 is 9.53 Å². The van der Waals surface area contributed by atoms with Crippen LogP contribution in [0, 0.1) is 13.8 Å². The first-order valence-corrected chi connectivity index (χ1v) is 7.79. The highest BCUT2D eigenvalue weighted by Crippen LogP contribution is 2.26. The maximum atomic E-state index is 12.6. The zero-order valence-corrected chi connectivity index (χ0v) is 14.3. The van der Waals surface area contributed by atoms with Crippen molar-refractivity contribution in [3.05, 3.63) is 65.7 Å². The van der Waals surface area contributed by atoms with Gasteiger partial charge in [-0.3, -0.25) is 9.78 Å². The molecular formula is C19H18N4O2. The van der Waals surface area contributed by atoms with Gasteiger partial charge in [-0.15, -0.1) is 0 Å². The van der Waals surface area contributed by atoms with Gasteiger partial charge in [0, 0.05) is 29.7 Å². The van der Waals surface area contributed by atoms with E-state index in [0.717, 1.165) is 22.4 Å². The normalized spacial score (nSPS) is 10.4. The molecule has 0 saturated carbocycles. The maximum absolute atomic E-state index is 12.6. The van der Waals surface area contributed by atoms with Gasteiger partial charge in [0.05, 0.1) is 7.11 Å². The molecule has 0 aliphatic heterocycles. The summed E-state index contributed by atoms with van der Waals surface area (Å²) in [6, 6.07) is 10.9. The van der Waals surface area contributed by atoms with Crippen molar-refractivity contribution in [1.29, 1.82) is 0 Å². The third-order valence-electron chi connectivity index (χ3n) is 3.72. The van der Waals surface area contributed by atoms with Gasteiger partial charge >= 0.3 is 0 Å². The molecule has 0 aromatic carbocycles. The van der Waals surface area contributed by atoms with Gasteiger partial charge in [-0.1, -0.05) is 6.07 Å². The minimum absolute atomic E-state index is 0.251. The van der Waals surface area contributed by atoms with Gasteiger partial charge < -0.3 is 10.1 Å². The lowest BCUT2D eigenvalue weighted by molar-refractivity contribution is 0.102. The number of aromatic nitrogens is 3. The Morgan fingerprint density at radius 2 is 1.96 bits per heavy atom. The molecule has 0 aliphatic rings. The summed E-state index contributed by atoms with van der Waals surface area (Å²) in [4.78, 5) is 25.3. The van der Waals surface area contributed by atoms with E-state index in [4.69, 9.17) is 4.74 Å². The Hall–Kier alpha value is -3.28. The predicted octanol–water partition coefficient (Wildman–Crippen LogP) is 3.42. The Balaban J connectivity index is 1.97. The van der Waals surface area contributed by atoms with Gasteiger partial charge in [0.25, 0.3) is 5.91 Å². The third-order valence-corrected chi connectivity index (χ3v) is 3.72. The number of hydrogen-bond donors (Lipinski definition) is 1. The summed E-state index contributed by atoms with van der Waals surface area (Å²) in [5.74, 6) is 0.497. The smallest absolute Gasteiger partial charge is 0.275 e. The minimum Gasteiger partial charge on any atom is -0.481 e. The van der Waals surface area contributed by atoms with Crippen molar-refractivity contribution in [3.63, 3.8) is 0 Å². The van der Waals surface area contributed by atoms with Crippen LogP contribution in [0.15, 0.2) is 48.8 Å². The second-order valence-electron chi connectivity index (χ2n) is 5.59. The molecule has 0 saturated heterocycles. The van der Waals surface area contributed by atoms with E-state index in [9.17, 15) is 4.79 Å². The average Bonchev–Trinajstić information content (AvgIpc) is 2.61. The number of carbonyl (C=O) groups excluding carboxylic acids is 1. The minimum atomic E-state index is -0.347. The monoisotopic (exact) mass is 334 g/mol. The lowest BCUT2D eigenvalue weighted by Crippen LogP contribution is -2.15. The molecule has 0 bridgehead atoms. The number of rotatable bonds is 4. The zero-order valence-electron chi connectivity index (χ0n) is 14.3. The van der Waals surface area contributed by atoms with Gasteiger partial charge in [-0.2, -0.15) is 0 Å². The third kappa shape index (κ3) is 3.80. The molecule has 25 heavy (non-hydrogen) atoms. The van der Waals surface area contributed by atoms with Crippen molar-refractivity contribution in [2.45, 2.75) is 13.8 Å². The molecule has 0 fully saturated rings. The van der Waals surface area contributed by atoms with E-state index in [2.05, 4.69) is 20.3 Å². The molecule has 3 aromatic heterocycles. The summed E-state index contributed by atoms with van der Waals surface area (Å²) < 4.78 is 5.25. The number of nitrogens with one attached hydrogen (secondary N) is 1. The van der Waals surface area contributed by atoms with Gasteiger partial charge in [0.1, 0.15) is 11.5 Å². The Morgan fingerprint density at radius 1 is 1.12 bits per heavy atom. The number of amides is 1. The highest BCUT2D eigenvalue weighted by Gasteiger charge is 2.14. The summed E-state index contributed by atoms with van der Waals surface area (Å²) in [7, 11) is 1.52. The molecule has 3 rings (SSSR count). The molecule has 1 N–H and O–H groups in total. The molecule has 0 unspecified atom stereocenters. The largest absolute Gasteiger partial charge is 0.481 e. The van der Waals surface area contributed by atoms with Crippen LogP contribution in [-0.4, -0.2) is 28.0 Å². The van der Waals surface area contributed by atoms with Crippen LogP contribution in [0.4, 0.5) is 5.82 Å². The number of aryl methyl sites for hydroxylation is 2. The summed E-state index contributed by atoms with van der Waals surface area (Å²) in [6.45, 7) is 3.85. The number of carbonyl (C=O) groups is 1. The maximum Gasteiger partial charge on any atom is 0.275 e. The van der Waals surface area contributed by atoms with E-state index < -0.39 is 0 Å². The van der Waals surface area contributed by atoms with E-state index >= 15 is 0 Å². The number of nitrogens with zero attached hydrogens (tertiary/aromatic N) is 3. The summed E-state index contributed by atoms with van der Waals surface area (Å²) in [6.07, 6.45) is 3.49. The molecule has 0 aliphatic carbocycles. The number of ether oxygens (including phenoxy) is 1. The van der Waals surface area contributed by atoms with Gasteiger partial charge in [0.15, 0.2) is 0 Å². The molecule has 3 aromatic rings. The molecule has 126 valence electrons. The van der Waals surface area contributed by atoms with E-state index in [-0.39, 0.29) is 11.6 Å². The quantitative estimate of drug-likeness (QED) is 0.791.